The van der Waals surface area contributed by atoms with E-state index in [-0.39, 0.29) is 6.04 Å². The minimum Gasteiger partial charge on any atom is -0.359 e. The molecule has 0 fully saturated rings. The van der Waals surface area contributed by atoms with Crippen LogP contribution in [0.1, 0.15) is 51.0 Å². The summed E-state index contributed by atoms with van der Waals surface area (Å²) in [6.45, 7) is 7.20. The van der Waals surface area contributed by atoms with E-state index in [0.29, 0.717) is 17.1 Å². The van der Waals surface area contributed by atoms with Gasteiger partial charge in [0, 0.05) is 11.7 Å². The van der Waals surface area contributed by atoms with Crippen LogP contribution in [-0.4, -0.2) is 41.9 Å². The van der Waals surface area contributed by atoms with Crippen molar-refractivity contribution < 1.29 is 9.32 Å². The molecular formula is C16H22N6O3. The van der Waals surface area contributed by atoms with Gasteiger partial charge < -0.3 is 4.52 Å². The molecule has 0 saturated heterocycles. The Morgan fingerprint density at radius 3 is 2.60 bits per heavy atom. The molecule has 25 heavy (non-hydrogen) atoms. The average Bonchev–Trinajstić information content (AvgIpc) is 3.10. The van der Waals surface area contributed by atoms with Crippen LogP contribution in [0.25, 0.3) is 5.69 Å². The molecule has 2 aromatic rings. The Kier molecular flexibility index (Phi) is 4.56. The zero-order chi connectivity index (χ0) is 18.1. The predicted octanol–water partition coefficient (Wildman–Crippen LogP) is 2.17. The van der Waals surface area contributed by atoms with Crippen molar-refractivity contribution in [2.24, 2.45) is 0 Å². The number of amides is 1. The van der Waals surface area contributed by atoms with Crippen molar-refractivity contribution in [1.29, 1.82) is 0 Å². The van der Waals surface area contributed by atoms with Crippen LogP contribution in [0.3, 0.4) is 0 Å². The molecule has 0 bridgehead atoms. The first-order chi connectivity index (χ1) is 11.9. The third kappa shape index (κ3) is 3.01. The Hall–Kier alpha value is -2.71. The maximum Gasteiger partial charge on any atom is 0.377 e. The highest BCUT2D eigenvalue weighted by Gasteiger charge is 2.28. The normalized spacial score (nSPS) is 14.7. The molecule has 0 aromatic carbocycles. The first kappa shape index (κ1) is 17.1. The van der Waals surface area contributed by atoms with Gasteiger partial charge in [0.25, 0.3) is 0 Å². The smallest absolute Gasteiger partial charge is 0.359 e. The van der Waals surface area contributed by atoms with Crippen LogP contribution >= 0.6 is 0 Å². The van der Waals surface area contributed by atoms with E-state index in [9.17, 15) is 9.59 Å². The molecule has 1 aliphatic carbocycles. The highest BCUT2D eigenvalue weighted by molar-refractivity contribution is 5.77. The summed E-state index contributed by atoms with van der Waals surface area (Å²) in [6, 6.07) is -0.584. The summed E-state index contributed by atoms with van der Waals surface area (Å²) in [5, 5.41) is 11.4. The van der Waals surface area contributed by atoms with Crippen LogP contribution in [0.15, 0.2) is 21.1 Å². The molecule has 9 nitrogen and oxygen atoms in total. The molecule has 2 heterocycles. The van der Waals surface area contributed by atoms with Crippen molar-refractivity contribution >= 4 is 6.03 Å². The lowest BCUT2D eigenvalue weighted by molar-refractivity contribution is 0.194. The molecule has 0 N–H and O–H groups in total. The van der Waals surface area contributed by atoms with E-state index in [1.165, 1.54) is 0 Å². The van der Waals surface area contributed by atoms with Gasteiger partial charge in [-0.05, 0) is 63.8 Å². The fourth-order valence-corrected chi connectivity index (χ4v) is 3.10. The van der Waals surface area contributed by atoms with Gasteiger partial charge in [-0.15, -0.1) is 4.68 Å². The molecular weight excluding hydrogens is 324 g/mol. The van der Waals surface area contributed by atoms with Crippen LogP contribution in [0.5, 0.6) is 0 Å². The molecule has 0 spiro atoms. The predicted molar refractivity (Wildman–Crippen MR) is 89.5 cm³/mol. The van der Waals surface area contributed by atoms with E-state index in [2.05, 4.69) is 21.7 Å². The van der Waals surface area contributed by atoms with Gasteiger partial charge in [-0.25, -0.2) is 9.59 Å². The van der Waals surface area contributed by atoms with E-state index in [1.54, 1.807) is 18.7 Å². The Bertz CT molecular complexity index is 853. The summed E-state index contributed by atoms with van der Waals surface area (Å²) in [5.74, 6) is 0.440. The molecule has 134 valence electrons. The van der Waals surface area contributed by atoms with E-state index in [0.717, 1.165) is 40.7 Å². The fraction of sp³-hybridized carbons (Fsp3) is 0.562. The highest BCUT2D eigenvalue weighted by Crippen LogP contribution is 2.23. The summed E-state index contributed by atoms with van der Waals surface area (Å²) >= 11 is 0. The first-order valence-electron chi connectivity index (χ1n) is 8.42. The van der Waals surface area contributed by atoms with Gasteiger partial charge >= 0.3 is 11.7 Å². The molecule has 1 aliphatic rings. The van der Waals surface area contributed by atoms with E-state index >= 15 is 0 Å². The molecule has 9 heteroatoms. The van der Waals surface area contributed by atoms with Crippen LogP contribution in [-0.2, 0) is 0 Å². The lowest BCUT2D eigenvalue weighted by atomic mass is 10.0. The van der Waals surface area contributed by atoms with Gasteiger partial charge in [-0.2, -0.15) is 4.68 Å². The standard InChI is InChI=1S/C16H22N6O3/c1-10(2)20(13-8-6-5-7-9-13)15(23)22-16(24)21(18-19-22)14-11(3)17-25-12(14)4/h8,10H,5-7,9H2,1-4H3. The maximum absolute atomic E-state index is 13.0. The Morgan fingerprint density at radius 2 is 2.04 bits per heavy atom. The van der Waals surface area contributed by atoms with Crippen LogP contribution in [0, 0.1) is 13.8 Å². The van der Waals surface area contributed by atoms with Crippen LogP contribution < -0.4 is 5.69 Å². The number of nitrogens with zero attached hydrogens (tertiary/aromatic N) is 6. The number of rotatable bonds is 3. The lowest BCUT2D eigenvalue weighted by Gasteiger charge is -2.30. The Labute approximate surface area is 144 Å². The van der Waals surface area contributed by atoms with Crippen molar-refractivity contribution in [1.82, 2.24) is 29.8 Å². The van der Waals surface area contributed by atoms with Crippen molar-refractivity contribution in [3.8, 4) is 5.69 Å². The van der Waals surface area contributed by atoms with Gasteiger partial charge in [0.05, 0.1) is 0 Å². The van der Waals surface area contributed by atoms with Gasteiger partial charge in [0.2, 0.25) is 0 Å². The SMILES string of the molecule is Cc1noc(C)c1-n1nnn(C(=O)N(C2=CCCCC2)C(C)C)c1=O. The second-order valence-electron chi connectivity index (χ2n) is 6.45. The van der Waals surface area contributed by atoms with Crippen molar-refractivity contribution in [2.75, 3.05) is 0 Å². The summed E-state index contributed by atoms with van der Waals surface area (Å²) in [5.41, 5.74) is 1.22. The minimum atomic E-state index is -0.638. The van der Waals surface area contributed by atoms with E-state index in [4.69, 9.17) is 4.52 Å². The van der Waals surface area contributed by atoms with Gasteiger partial charge in [0.15, 0.2) is 5.76 Å². The minimum absolute atomic E-state index is 0.0898. The summed E-state index contributed by atoms with van der Waals surface area (Å²) in [6.07, 6.45) is 5.96. The molecule has 0 radical (unpaired) electrons. The summed E-state index contributed by atoms with van der Waals surface area (Å²) in [7, 11) is 0. The Morgan fingerprint density at radius 1 is 1.28 bits per heavy atom. The summed E-state index contributed by atoms with van der Waals surface area (Å²) in [4.78, 5) is 27.3. The number of hydrogen-bond acceptors (Lipinski definition) is 6. The van der Waals surface area contributed by atoms with Gasteiger partial charge in [-0.1, -0.05) is 11.2 Å². The number of aromatic nitrogens is 5. The largest absolute Gasteiger partial charge is 0.377 e. The fourth-order valence-electron chi connectivity index (χ4n) is 3.10. The zero-order valence-electron chi connectivity index (χ0n) is 14.9. The van der Waals surface area contributed by atoms with E-state index < -0.39 is 11.7 Å². The number of tetrazole rings is 1. The van der Waals surface area contributed by atoms with Crippen molar-refractivity contribution in [3.05, 3.63) is 33.7 Å². The highest BCUT2D eigenvalue weighted by atomic mass is 16.5. The number of hydrogen-bond donors (Lipinski definition) is 0. The average molecular weight is 346 g/mol. The maximum atomic E-state index is 13.0. The Balaban J connectivity index is 2.00. The number of allylic oxidation sites excluding steroid dienone is 2. The molecule has 1 amide bonds. The first-order valence-corrected chi connectivity index (χ1v) is 8.42. The van der Waals surface area contributed by atoms with Crippen LogP contribution in [0.4, 0.5) is 4.79 Å². The molecule has 0 aliphatic heterocycles. The monoisotopic (exact) mass is 346 g/mol. The van der Waals surface area contributed by atoms with Gasteiger partial charge in [0.1, 0.15) is 11.4 Å². The summed E-state index contributed by atoms with van der Waals surface area (Å²) < 4.78 is 6.91. The van der Waals surface area contributed by atoms with Crippen molar-refractivity contribution in [3.63, 3.8) is 0 Å². The second kappa shape index (κ2) is 6.66. The molecule has 2 aromatic heterocycles. The number of aryl methyl sites for hydroxylation is 2. The zero-order valence-corrected chi connectivity index (χ0v) is 14.9. The van der Waals surface area contributed by atoms with Crippen molar-refractivity contribution in [2.45, 2.75) is 59.4 Å². The second-order valence-corrected chi connectivity index (χ2v) is 6.45. The van der Waals surface area contributed by atoms with Gasteiger partial charge in [-0.3, -0.25) is 4.90 Å². The topological polar surface area (TPSA) is 99.1 Å². The quantitative estimate of drug-likeness (QED) is 0.790. The number of carbonyl (C=O) groups excluding carboxylic acids is 1. The lowest BCUT2D eigenvalue weighted by Crippen LogP contribution is -2.44. The molecule has 3 rings (SSSR count). The third-order valence-corrected chi connectivity index (χ3v) is 4.27. The molecule has 0 saturated carbocycles. The number of carbonyl (C=O) groups is 1. The molecule has 0 unspecified atom stereocenters. The van der Waals surface area contributed by atoms with E-state index in [1.807, 2.05) is 13.8 Å². The molecule has 0 atom stereocenters. The third-order valence-electron chi connectivity index (χ3n) is 4.27. The van der Waals surface area contributed by atoms with Crippen LogP contribution in [0.2, 0.25) is 0 Å².